The van der Waals surface area contributed by atoms with E-state index in [0.29, 0.717) is 24.3 Å². The SMILES string of the molecule is CCOC(=O)c1cc(C(=O)OCC)c(C(C)C)cc1C(C)C. The van der Waals surface area contributed by atoms with Gasteiger partial charge >= 0.3 is 11.9 Å². The predicted molar refractivity (Wildman–Crippen MR) is 86.5 cm³/mol. The van der Waals surface area contributed by atoms with Crippen LogP contribution < -0.4 is 0 Å². The molecule has 4 nitrogen and oxygen atoms in total. The summed E-state index contributed by atoms with van der Waals surface area (Å²) in [5.74, 6) is -0.472. The summed E-state index contributed by atoms with van der Waals surface area (Å²) in [4.78, 5) is 24.4. The summed E-state index contributed by atoms with van der Waals surface area (Å²) >= 11 is 0. The molecule has 0 aliphatic rings. The van der Waals surface area contributed by atoms with E-state index < -0.39 is 11.9 Å². The second-order valence-electron chi connectivity index (χ2n) is 5.78. The molecule has 0 heterocycles. The zero-order valence-corrected chi connectivity index (χ0v) is 14.4. The van der Waals surface area contributed by atoms with Crippen LogP contribution in [-0.4, -0.2) is 25.2 Å². The van der Waals surface area contributed by atoms with Gasteiger partial charge in [0.15, 0.2) is 0 Å². The smallest absolute Gasteiger partial charge is 0.338 e. The lowest BCUT2D eigenvalue weighted by Gasteiger charge is -2.19. The molecule has 0 N–H and O–H groups in total. The van der Waals surface area contributed by atoms with Crippen LogP contribution >= 0.6 is 0 Å². The Balaban J connectivity index is 3.51. The van der Waals surface area contributed by atoms with E-state index in [1.165, 1.54) is 0 Å². The van der Waals surface area contributed by atoms with Gasteiger partial charge < -0.3 is 9.47 Å². The Hall–Kier alpha value is -1.84. The number of esters is 2. The third-order valence-electron chi connectivity index (χ3n) is 3.46. The summed E-state index contributed by atoms with van der Waals surface area (Å²) in [6.07, 6.45) is 0. The lowest BCUT2D eigenvalue weighted by molar-refractivity contribution is 0.0523. The van der Waals surface area contributed by atoms with E-state index in [0.717, 1.165) is 11.1 Å². The fourth-order valence-corrected chi connectivity index (χ4v) is 2.36. The molecule has 0 saturated heterocycles. The standard InChI is InChI=1S/C18H26O4/c1-7-21-17(19)15-10-16(18(20)22-8-2)14(12(5)6)9-13(15)11(3)4/h9-12H,7-8H2,1-6H3. The second kappa shape index (κ2) is 7.97. The molecule has 0 fully saturated rings. The van der Waals surface area contributed by atoms with E-state index in [9.17, 15) is 9.59 Å². The van der Waals surface area contributed by atoms with Crippen LogP contribution in [0.5, 0.6) is 0 Å². The van der Waals surface area contributed by atoms with Gasteiger partial charge in [0.05, 0.1) is 24.3 Å². The Morgan fingerprint density at radius 1 is 0.818 bits per heavy atom. The van der Waals surface area contributed by atoms with Gasteiger partial charge in [-0.25, -0.2) is 9.59 Å². The van der Waals surface area contributed by atoms with Gasteiger partial charge in [-0.2, -0.15) is 0 Å². The summed E-state index contributed by atoms with van der Waals surface area (Å²) < 4.78 is 10.2. The number of carbonyl (C=O) groups excluding carboxylic acids is 2. The highest BCUT2D eigenvalue weighted by molar-refractivity contribution is 5.97. The largest absolute Gasteiger partial charge is 0.462 e. The first-order chi connectivity index (χ1) is 10.3. The zero-order valence-electron chi connectivity index (χ0n) is 14.4. The van der Waals surface area contributed by atoms with Crippen molar-refractivity contribution in [3.8, 4) is 0 Å². The molecule has 0 unspecified atom stereocenters. The minimum absolute atomic E-state index is 0.160. The second-order valence-corrected chi connectivity index (χ2v) is 5.78. The summed E-state index contributed by atoms with van der Waals surface area (Å²) in [6.45, 7) is 12.2. The molecule has 0 amide bonds. The predicted octanol–water partition coefficient (Wildman–Crippen LogP) is 4.29. The lowest BCUT2D eigenvalue weighted by atomic mass is 9.88. The number of rotatable bonds is 6. The maximum absolute atomic E-state index is 12.2. The van der Waals surface area contributed by atoms with Crippen LogP contribution in [0.15, 0.2) is 12.1 Å². The first kappa shape index (κ1) is 18.2. The third kappa shape index (κ3) is 4.09. The fraction of sp³-hybridized carbons (Fsp3) is 0.556. The topological polar surface area (TPSA) is 52.6 Å². The van der Waals surface area contributed by atoms with Gasteiger partial charge in [0.1, 0.15) is 0 Å². The van der Waals surface area contributed by atoms with Crippen molar-refractivity contribution >= 4 is 11.9 Å². The van der Waals surface area contributed by atoms with E-state index in [4.69, 9.17) is 9.47 Å². The molecule has 22 heavy (non-hydrogen) atoms. The first-order valence-electron chi connectivity index (χ1n) is 7.85. The average molecular weight is 306 g/mol. The number of hydrogen-bond donors (Lipinski definition) is 0. The van der Waals surface area contributed by atoms with Crippen LogP contribution in [-0.2, 0) is 9.47 Å². The molecule has 122 valence electrons. The van der Waals surface area contributed by atoms with Crippen molar-refractivity contribution < 1.29 is 19.1 Å². The first-order valence-corrected chi connectivity index (χ1v) is 7.85. The number of ether oxygens (including phenoxy) is 2. The van der Waals surface area contributed by atoms with Gasteiger partial charge in [-0.3, -0.25) is 0 Å². The molecular formula is C18H26O4. The molecular weight excluding hydrogens is 280 g/mol. The van der Waals surface area contributed by atoms with Crippen LogP contribution in [0, 0.1) is 0 Å². The highest BCUT2D eigenvalue weighted by atomic mass is 16.5. The van der Waals surface area contributed by atoms with Crippen molar-refractivity contribution in [3.63, 3.8) is 0 Å². The summed E-state index contributed by atoms with van der Waals surface area (Å²) in [5.41, 5.74) is 2.69. The molecule has 4 heteroatoms. The molecule has 0 aliphatic carbocycles. The summed E-state index contributed by atoms with van der Waals surface area (Å²) in [7, 11) is 0. The number of carbonyl (C=O) groups is 2. The number of benzene rings is 1. The minimum atomic E-state index is -0.396. The minimum Gasteiger partial charge on any atom is -0.462 e. The monoisotopic (exact) mass is 306 g/mol. The Morgan fingerprint density at radius 2 is 1.18 bits per heavy atom. The van der Waals surface area contributed by atoms with Crippen LogP contribution in [0.25, 0.3) is 0 Å². The fourth-order valence-electron chi connectivity index (χ4n) is 2.36. The van der Waals surface area contributed by atoms with Crippen LogP contribution in [0.2, 0.25) is 0 Å². The Kier molecular flexibility index (Phi) is 6.60. The molecule has 0 radical (unpaired) electrons. The third-order valence-corrected chi connectivity index (χ3v) is 3.46. The Labute approximate surface area is 132 Å². The Morgan fingerprint density at radius 3 is 1.45 bits per heavy atom. The van der Waals surface area contributed by atoms with E-state index in [-0.39, 0.29) is 11.8 Å². The van der Waals surface area contributed by atoms with Crippen molar-refractivity contribution in [3.05, 3.63) is 34.4 Å². The normalized spacial score (nSPS) is 10.9. The van der Waals surface area contributed by atoms with E-state index in [1.807, 2.05) is 33.8 Å². The molecule has 1 rings (SSSR count). The van der Waals surface area contributed by atoms with Crippen LogP contribution in [0.4, 0.5) is 0 Å². The molecule has 1 aromatic carbocycles. The average Bonchev–Trinajstić information content (AvgIpc) is 2.46. The molecule has 0 bridgehead atoms. The highest BCUT2D eigenvalue weighted by Crippen LogP contribution is 2.29. The molecule has 0 aromatic heterocycles. The van der Waals surface area contributed by atoms with Crippen LogP contribution in [0.1, 0.15) is 85.2 Å². The van der Waals surface area contributed by atoms with Crippen molar-refractivity contribution in [2.45, 2.75) is 53.4 Å². The van der Waals surface area contributed by atoms with E-state index in [2.05, 4.69) is 0 Å². The molecule has 0 aliphatic heterocycles. The lowest BCUT2D eigenvalue weighted by Crippen LogP contribution is -2.15. The summed E-state index contributed by atoms with van der Waals surface area (Å²) in [5, 5.41) is 0. The Bertz CT molecular complexity index is 499. The molecule has 0 spiro atoms. The van der Waals surface area contributed by atoms with Gasteiger partial charge in [0, 0.05) is 0 Å². The van der Waals surface area contributed by atoms with Crippen molar-refractivity contribution in [1.82, 2.24) is 0 Å². The zero-order chi connectivity index (χ0) is 16.9. The maximum atomic E-state index is 12.2. The molecule has 0 atom stereocenters. The molecule has 0 saturated carbocycles. The summed E-state index contributed by atoms with van der Waals surface area (Å²) in [6, 6.07) is 3.56. The van der Waals surface area contributed by atoms with Crippen molar-refractivity contribution in [2.75, 3.05) is 13.2 Å². The van der Waals surface area contributed by atoms with E-state index >= 15 is 0 Å². The maximum Gasteiger partial charge on any atom is 0.338 e. The van der Waals surface area contributed by atoms with Crippen molar-refractivity contribution in [2.24, 2.45) is 0 Å². The quantitative estimate of drug-likeness (QED) is 0.736. The number of hydrogen-bond acceptors (Lipinski definition) is 4. The van der Waals surface area contributed by atoms with Gasteiger partial charge in [-0.15, -0.1) is 0 Å². The van der Waals surface area contributed by atoms with Gasteiger partial charge in [0.2, 0.25) is 0 Å². The molecule has 1 aromatic rings. The van der Waals surface area contributed by atoms with Crippen molar-refractivity contribution in [1.29, 1.82) is 0 Å². The van der Waals surface area contributed by atoms with Gasteiger partial charge in [-0.05, 0) is 42.9 Å². The van der Waals surface area contributed by atoms with E-state index in [1.54, 1.807) is 19.9 Å². The highest BCUT2D eigenvalue weighted by Gasteiger charge is 2.23. The van der Waals surface area contributed by atoms with Crippen LogP contribution in [0.3, 0.4) is 0 Å². The van der Waals surface area contributed by atoms with Gasteiger partial charge in [0.25, 0.3) is 0 Å². The van der Waals surface area contributed by atoms with Gasteiger partial charge in [-0.1, -0.05) is 33.8 Å².